The van der Waals surface area contributed by atoms with Gasteiger partial charge in [-0.25, -0.2) is 4.79 Å². The smallest absolute Gasteiger partial charge is 0.335 e. The van der Waals surface area contributed by atoms with E-state index in [1.807, 2.05) is 77.9 Å². The topological polar surface area (TPSA) is 99.5 Å². The van der Waals surface area contributed by atoms with Crippen molar-refractivity contribution >= 4 is 34.9 Å². The lowest BCUT2D eigenvalue weighted by Gasteiger charge is -2.27. The van der Waals surface area contributed by atoms with Crippen LogP contribution in [0.5, 0.6) is 0 Å². The third kappa shape index (κ3) is 4.88. The fourth-order valence-corrected chi connectivity index (χ4v) is 5.36. The number of carboxylic acids is 1. The number of aromatic carboxylic acids is 1. The summed E-state index contributed by atoms with van der Waals surface area (Å²) in [5, 5.41) is 16.3. The first-order chi connectivity index (χ1) is 18.3. The van der Waals surface area contributed by atoms with Gasteiger partial charge in [0.1, 0.15) is 6.54 Å². The summed E-state index contributed by atoms with van der Waals surface area (Å²) in [7, 11) is 0. The van der Waals surface area contributed by atoms with Crippen molar-refractivity contribution in [3.05, 3.63) is 113 Å². The van der Waals surface area contributed by atoms with Crippen LogP contribution in [0.15, 0.2) is 85.1 Å². The van der Waals surface area contributed by atoms with Gasteiger partial charge in [-0.3, -0.25) is 9.78 Å². The number of carbonyl (C=O) groups excluding carboxylic acids is 1. The van der Waals surface area contributed by atoms with E-state index in [1.165, 1.54) is 0 Å². The third-order valence-corrected chi connectivity index (χ3v) is 7.06. The number of carbonyl (C=O) groups is 2. The van der Waals surface area contributed by atoms with E-state index in [-0.39, 0.29) is 30.1 Å². The fourth-order valence-electron chi connectivity index (χ4n) is 5.05. The van der Waals surface area contributed by atoms with Crippen molar-refractivity contribution < 1.29 is 14.7 Å². The maximum Gasteiger partial charge on any atom is 0.335 e. The largest absolute Gasteiger partial charge is 0.478 e. The second kappa shape index (κ2) is 10.5. The molecule has 2 aromatic heterocycles. The molecule has 192 valence electrons. The maximum atomic E-state index is 13.1. The number of pyridine rings is 1. The van der Waals surface area contributed by atoms with E-state index >= 15 is 0 Å². The zero-order valence-electron chi connectivity index (χ0n) is 21.0. The molecule has 0 aliphatic carbocycles. The molecule has 2 atom stereocenters. The van der Waals surface area contributed by atoms with Crippen LogP contribution in [-0.2, 0) is 4.79 Å². The Labute approximate surface area is 225 Å². The number of thiocarbonyl (C=S) groups is 1. The van der Waals surface area contributed by atoms with Crippen molar-refractivity contribution in [1.82, 2.24) is 19.8 Å². The average Bonchev–Trinajstić information content (AvgIpc) is 3.39. The Morgan fingerprint density at radius 2 is 1.79 bits per heavy atom. The number of amides is 1. The summed E-state index contributed by atoms with van der Waals surface area (Å²) < 4.78 is 2.03. The Morgan fingerprint density at radius 3 is 2.50 bits per heavy atom. The normalized spacial score (nSPS) is 16.8. The molecule has 8 nitrogen and oxygen atoms in total. The molecule has 1 amide bonds. The molecule has 0 spiro atoms. The highest BCUT2D eigenvalue weighted by atomic mass is 32.1. The summed E-state index contributed by atoms with van der Waals surface area (Å²) in [5.41, 5.74) is 5.32. The Hall–Kier alpha value is -4.50. The van der Waals surface area contributed by atoms with Gasteiger partial charge in [-0.05, 0) is 80.2 Å². The minimum absolute atomic E-state index is 0.0485. The Morgan fingerprint density at radius 1 is 1.03 bits per heavy atom. The average molecular weight is 526 g/mol. The number of rotatable bonds is 7. The summed E-state index contributed by atoms with van der Waals surface area (Å²) in [5.74, 6) is -1.17. The van der Waals surface area contributed by atoms with Gasteiger partial charge in [0.2, 0.25) is 5.91 Å². The standard InChI is InChI=1S/C29H27N5O3S/c1-18-15-23(19(2)34(18)22-12-8-9-20(16-22)28(36)37)27-26(24-13-6-7-14-30-24)32-29(38)33(27)17-25(35)31-21-10-4-3-5-11-21/h3-16,26-27H,17H2,1-2H3,(H,31,35)(H,32,38)(H,36,37)/t26-,27-/m0/s1. The number of hydrogen-bond donors (Lipinski definition) is 3. The zero-order valence-corrected chi connectivity index (χ0v) is 21.8. The Balaban J connectivity index is 1.55. The number of carboxylic acid groups (broad SMARTS) is 1. The van der Waals surface area contributed by atoms with Gasteiger partial charge in [-0.2, -0.15) is 0 Å². The molecular weight excluding hydrogens is 498 g/mol. The molecule has 9 heteroatoms. The predicted octanol–water partition coefficient (Wildman–Crippen LogP) is 4.80. The van der Waals surface area contributed by atoms with Crippen LogP contribution in [0.3, 0.4) is 0 Å². The lowest BCUT2D eigenvalue weighted by atomic mass is 9.96. The molecule has 5 rings (SSSR count). The van der Waals surface area contributed by atoms with Gasteiger partial charge in [-0.1, -0.05) is 30.3 Å². The van der Waals surface area contributed by atoms with Crippen LogP contribution < -0.4 is 10.6 Å². The second-order valence-electron chi connectivity index (χ2n) is 9.19. The molecule has 0 unspecified atom stereocenters. The first-order valence-electron chi connectivity index (χ1n) is 12.2. The summed E-state index contributed by atoms with van der Waals surface area (Å²) >= 11 is 5.73. The van der Waals surface area contributed by atoms with Crippen molar-refractivity contribution in [3.8, 4) is 5.69 Å². The van der Waals surface area contributed by atoms with Crippen LogP contribution in [0, 0.1) is 13.8 Å². The fraction of sp³-hybridized carbons (Fsp3) is 0.172. The summed E-state index contributed by atoms with van der Waals surface area (Å²) in [6, 6.07) is 23.4. The molecule has 3 heterocycles. The Kier molecular flexibility index (Phi) is 6.93. The zero-order chi connectivity index (χ0) is 26.8. The predicted molar refractivity (Wildman–Crippen MR) is 149 cm³/mol. The highest BCUT2D eigenvalue weighted by Crippen LogP contribution is 2.41. The lowest BCUT2D eigenvalue weighted by Crippen LogP contribution is -2.37. The molecule has 2 aromatic carbocycles. The van der Waals surface area contributed by atoms with Crippen LogP contribution in [0.2, 0.25) is 0 Å². The molecule has 1 aliphatic rings. The molecule has 1 saturated heterocycles. The SMILES string of the molecule is Cc1cc([C@H]2[C@H](c3ccccn3)NC(=S)N2CC(=O)Nc2ccccc2)c(C)n1-c1cccc(C(=O)O)c1. The summed E-state index contributed by atoms with van der Waals surface area (Å²) in [6.45, 7) is 4.02. The Bertz CT molecular complexity index is 1500. The first kappa shape index (κ1) is 25.2. The molecule has 3 N–H and O–H groups in total. The lowest BCUT2D eigenvalue weighted by molar-refractivity contribution is -0.116. The van der Waals surface area contributed by atoms with Crippen LogP contribution >= 0.6 is 12.2 Å². The van der Waals surface area contributed by atoms with Gasteiger partial charge in [0.25, 0.3) is 0 Å². The van der Waals surface area contributed by atoms with Crippen LogP contribution in [0.1, 0.15) is 45.1 Å². The molecule has 0 bridgehead atoms. The van der Waals surface area contributed by atoms with Gasteiger partial charge in [0, 0.05) is 29.0 Å². The van der Waals surface area contributed by atoms with Crippen LogP contribution in [0.4, 0.5) is 5.69 Å². The van der Waals surface area contributed by atoms with Gasteiger partial charge >= 0.3 is 5.97 Å². The first-order valence-corrected chi connectivity index (χ1v) is 12.6. The van der Waals surface area contributed by atoms with E-state index in [9.17, 15) is 14.7 Å². The number of para-hydroxylation sites is 1. The highest BCUT2D eigenvalue weighted by molar-refractivity contribution is 7.80. The van der Waals surface area contributed by atoms with Crippen LogP contribution in [0.25, 0.3) is 5.69 Å². The molecule has 4 aromatic rings. The van der Waals surface area contributed by atoms with Crippen molar-refractivity contribution in [2.45, 2.75) is 25.9 Å². The van der Waals surface area contributed by atoms with E-state index < -0.39 is 5.97 Å². The number of aromatic nitrogens is 2. The number of nitrogens with zero attached hydrogens (tertiary/aromatic N) is 3. The molecular formula is C29H27N5O3S. The van der Waals surface area contributed by atoms with E-state index in [2.05, 4.69) is 21.7 Å². The van der Waals surface area contributed by atoms with E-state index in [1.54, 1.807) is 24.4 Å². The van der Waals surface area contributed by atoms with Crippen molar-refractivity contribution in [3.63, 3.8) is 0 Å². The maximum absolute atomic E-state index is 13.1. The number of anilines is 1. The minimum Gasteiger partial charge on any atom is -0.478 e. The van der Waals surface area contributed by atoms with Gasteiger partial charge < -0.3 is 25.2 Å². The van der Waals surface area contributed by atoms with Gasteiger partial charge in [-0.15, -0.1) is 0 Å². The highest BCUT2D eigenvalue weighted by Gasteiger charge is 2.42. The summed E-state index contributed by atoms with van der Waals surface area (Å²) in [4.78, 5) is 31.2. The quantitative estimate of drug-likeness (QED) is 0.298. The number of aryl methyl sites for hydroxylation is 1. The summed E-state index contributed by atoms with van der Waals surface area (Å²) in [6.07, 6.45) is 1.74. The van der Waals surface area contributed by atoms with Crippen molar-refractivity contribution in [2.24, 2.45) is 0 Å². The molecule has 0 radical (unpaired) electrons. The molecule has 0 saturated carbocycles. The molecule has 1 aliphatic heterocycles. The molecule has 38 heavy (non-hydrogen) atoms. The minimum atomic E-state index is -0.981. The monoisotopic (exact) mass is 525 g/mol. The van der Waals surface area contributed by atoms with Crippen molar-refractivity contribution in [1.29, 1.82) is 0 Å². The van der Waals surface area contributed by atoms with Gasteiger partial charge in [0.05, 0.1) is 23.3 Å². The van der Waals surface area contributed by atoms with E-state index in [0.29, 0.717) is 10.8 Å². The van der Waals surface area contributed by atoms with Crippen molar-refractivity contribution in [2.75, 3.05) is 11.9 Å². The van der Waals surface area contributed by atoms with E-state index in [0.717, 1.165) is 28.3 Å². The number of hydrogen-bond acceptors (Lipinski definition) is 4. The second-order valence-corrected chi connectivity index (χ2v) is 9.57. The van der Waals surface area contributed by atoms with Gasteiger partial charge in [0.15, 0.2) is 5.11 Å². The number of benzene rings is 2. The molecule has 1 fully saturated rings. The van der Waals surface area contributed by atoms with E-state index in [4.69, 9.17) is 12.2 Å². The number of nitrogens with one attached hydrogen (secondary N) is 2. The third-order valence-electron chi connectivity index (χ3n) is 6.71. The van der Waals surface area contributed by atoms with Crippen LogP contribution in [-0.4, -0.2) is 43.1 Å².